The summed E-state index contributed by atoms with van der Waals surface area (Å²) in [5.74, 6) is 0.844. The Morgan fingerprint density at radius 1 is 0.875 bits per heavy atom. The molecule has 0 aliphatic heterocycles. The zero-order valence-corrected chi connectivity index (χ0v) is 9.35. The summed E-state index contributed by atoms with van der Waals surface area (Å²) in [7, 11) is 0. The molecule has 3 heteroatoms. The van der Waals surface area contributed by atoms with E-state index in [1.807, 2.05) is 48.0 Å². The Balaban J connectivity index is 2.01. The minimum absolute atomic E-state index is 0.844. The number of rotatable bonds is 2. The van der Waals surface area contributed by atoms with E-state index >= 15 is 0 Å². The zero-order valence-electron chi connectivity index (χ0n) is 8.54. The topological polar surface area (TPSA) is 13.1 Å². The molecule has 0 spiro atoms. The van der Waals surface area contributed by atoms with E-state index in [0.717, 1.165) is 11.3 Å². The number of hydrogen-bond acceptors (Lipinski definition) is 2. The number of aromatic nitrogens is 1. The molecule has 1 heterocycles. The van der Waals surface area contributed by atoms with Crippen LogP contribution in [0.1, 0.15) is 0 Å². The number of para-hydroxylation sites is 2. The van der Waals surface area contributed by atoms with E-state index in [1.165, 1.54) is 4.70 Å². The van der Waals surface area contributed by atoms with Crippen molar-refractivity contribution in [2.45, 2.75) is 0 Å². The summed E-state index contributed by atoms with van der Waals surface area (Å²) >= 11 is 1.67. The van der Waals surface area contributed by atoms with E-state index in [4.69, 9.17) is 4.84 Å². The molecule has 0 N–H and O–H groups in total. The zero-order chi connectivity index (χ0) is 10.8. The summed E-state index contributed by atoms with van der Waals surface area (Å²) < 4.78 is 3.02. The lowest BCUT2D eigenvalue weighted by molar-refractivity contribution is -0.851. The monoisotopic (exact) mass is 228 g/mol. The smallest absolute Gasteiger partial charge is 0.230 e. The summed E-state index contributed by atoms with van der Waals surface area (Å²) in [6, 6.07) is 18.0. The van der Waals surface area contributed by atoms with Gasteiger partial charge in [-0.25, -0.2) is 4.84 Å². The van der Waals surface area contributed by atoms with Crippen molar-refractivity contribution in [3.8, 4) is 5.75 Å². The highest BCUT2D eigenvalue weighted by atomic mass is 32.1. The maximum atomic E-state index is 5.76. The maximum Gasteiger partial charge on any atom is 0.278 e. The van der Waals surface area contributed by atoms with Crippen molar-refractivity contribution >= 4 is 21.6 Å². The van der Waals surface area contributed by atoms with Gasteiger partial charge in [0, 0.05) is 10.8 Å². The van der Waals surface area contributed by atoms with Crippen LogP contribution in [-0.2, 0) is 0 Å². The first kappa shape index (κ1) is 9.36. The summed E-state index contributed by atoms with van der Waals surface area (Å²) in [5.41, 5.74) is 3.06. The predicted octanol–water partition coefficient (Wildman–Crippen LogP) is 3.03. The molecule has 0 saturated carbocycles. The van der Waals surface area contributed by atoms with Gasteiger partial charge in [0.25, 0.3) is 11.0 Å². The third-order valence-corrected chi connectivity index (χ3v) is 3.22. The van der Waals surface area contributed by atoms with Gasteiger partial charge in [0.15, 0.2) is 0 Å². The van der Waals surface area contributed by atoms with Gasteiger partial charge in [-0.05, 0) is 18.2 Å². The van der Waals surface area contributed by atoms with Crippen molar-refractivity contribution in [3.63, 3.8) is 0 Å². The Bertz CT molecular complexity index is 603. The van der Waals surface area contributed by atoms with E-state index in [9.17, 15) is 0 Å². The molecule has 2 nitrogen and oxygen atoms in total. The minimum Gasteiger partial charge on any atom is -0.230 e. The molecular weight excluding hydrogens is 218 g/mol. The molecule has 16 heavy (non-hydrogen) atoms. The van der Waals surface area contributed by atoms with Gasteiger partial charge < -0.3 is 0 Å². The SMILES string of the molecule is c1ccc(O[n+]2csc3ccccc32)cc1. The first-order valence-electron chi connectivity index (χ1n) is 5.05. The maximum absolute atomic E-state index is 5.76. The van der Waals surface area contributed by atoms with Crippen LogP contribution in [0.4, 0.5) is 0 Å². The van der Waals surface area contributed by atoms with Crippen LogP contribution in [0.5, 0.6) is 5.75 Å². The van der Waals surface area contributed by atoms with Gasteiger partial charge in [0.1, 0.15) is 4.70 Å². The fourth-order valence-electron chi connectivity index (χ4n) is 1.57. The van der Waals surface area contributed by atoms with Gasteiger partial charge >= 0.3 is 0 Å². The second-order valence-corrected chi connectivity index (χ2v) is 4.31. The number of benzene rings is 2. The molecule has 1 aromatic heterocycles. The van der Waals surface area contributed by atoms with Crippen molar-refractivity contribution in [2.24, 2.45) is 0 Å². The van der Waals surface area contributed by atoms with Crippen molar-refractivity contribution in [1.29, 1.82) is 0 Å². The lowest BCUT2D eigenvalue weighted by Gasteiger charge is -1.94. The van der Waals surface area contributed by atoms with E-state index in [0.29, 0.717) is 0 Å². The van der Waals surface area contributed by atoms with Crippen LogP contribution in [0.2, 0.25) is 0 Å². The van der Waals surface area contributed by atoms with Gasteiger partial charge in [0.2, 0.25) is 5.75 Å². The molecule has 0 fully saturated rings. The third-order valence-electron chi connectivity index (χ3n) is 2.33. The lowest BCUT2D eigenvalue weighted by atomic mass is 10.3. The Hall–Kier alpha value is -1.87. The Morgan fingerprint density at radius 3 is 2.50 bits per heavy atom. The summed E-state index contributed by atoms with van der Waals surface area (Å²) in [4.78, 5) is 5.76. The number of thiazole rings is 1. The first-order chi connectivity index (χ1) is 7.93. The van der Waals surface area contributed by atoms with Crippen LogP contribution in [0.15, 0.2) is 60.1 Å². The largest absolute Gasteiger partial charge is 0.278 e. The van der Waals surface area contributed by atoms with Gasteiger partial charge in [-0.3, -0.25) is 0 Å². The van der Waals surface area contributed by atoms with E-state index in [-0.39, 0.29) is 0 Å². The van der Waals surface area contributed by atoms with Crippen LogP contribution >= 0.6 is 11.3 Å². The molecule has 0 radical (unpaired) electrons. The van der Waals surface area contributed by atoms with Crippen molar-refractivity contribution in [3.05, 3.63) is 60.1 Å². The van der Waals surface area contributed by atoms with Crippen LogP contribution in [0.25, 0.3) is 10.2 Å². The molecule has 3 aromatic rings. The van der Waals surface area contributed by atoms with E-state index < -0.39 is 0 Å². The Kier molecular flexibility index (Phi) is 2.31. The molecule has 0 unspecified atom stereocenters. The first-order valence-corrected chi connectivity index (χ1v) is 5.93. The molecule has 0 aliphatic rings. The second kappa shape index (κ2) is 3.94. The van der Waals surface area contributed by atoms with Crippen molar-refractivity contribution in [2.75, 3.05) is 0 Å². The quantitative estimate of drug-likeness (QED) is 0.614. The average molecular weight is 228 g/mol. The summed E-state index contributed by atoms with van der Waals surface area (Å²) in [5, 5.41) is 0. The molecule has 0 bridgehead atoms. The molecule has 0 amide bonds. The standard InChI is InChI=1S/C13H10NOS/c1-2-6-11(7-3-1)15-14-10-16-13-9-5-4-8-12(13)14/h1-10H/q+1. The predicted molar refractivity (Wildman–Crippen MR) is 64.5 cm³/mol. The molecule has 0 aliphatic carbocycles. The van der Waals surface area contributed by atoms with Gasteiger partial charge in [-0.1, -0.05) is 41.7 Å². The van der Waals surface area contributed by atoms with Crippen LogP contribution in [0.3, 0.4) is 0 Å². The van der Waals surface area contributed by atoms with E-state index in [1.54, 1.807) is 16.1 Å². The highest BCUT2D eigenvalue weighted by Crippen LogP contribution is 2.16. The summed E-state index contributed by atoms with van der Waals surface area (Å²) in [6.07, 6.45) is 0. The highest BCUT2D eigenvalue weighted by Gasteiger charge is 2.13. The molecule has 2 aromatic carbocycles. The normalized spacial score (nSPS) is 10.5. The number of nitrogens with zero attached hydrogens (tertiary/aromatic N) is 1. The summed E-state index contributed by atoms with van der Waals surface area (Å²) in [6.45, 7) is 0. The second-order valence-electron chi connectivity index (χ2n) is 3.42. The molecule has 3 rings (SSSR count). The molecule has 78 valence electrons. The van der Waals surface area contributed by atoms with Crippen LogP contribution < -0.4 is 9.57 Å². The number of fused-ring (bicyclic) bond motifs is 1. The van der Waals surface area contributed by atoms with Gasteiger partial charge in [-0.15, -0.1) is 0 Å². The fourth-order valence-corrected chi connectivity index (χ4v) is 2.37. The van der Waals surface area contributed by atoms with Crippen molar-refractivity contribution in [1.82, 2.24) is 0 Å². The van der Waals surface area contributed by atoms with Gasteiger partial charge in [-0.2, -0.15) is 0 Å². The molecule has 0 saturated heterocycles. The van der Waals surface area contributed by atoms with Crippen LogP contribution in [-0.4, -0.2) is 0 Å². The lowest BCUT2D eigenvalue weighted by Crippen LogP contribution is -2.37. The Labute approximate surface area is 97.3 Å². The molecular formula is C13H10NOS+. The third kappa shape index (κ3) is 1.66. The van der Waals surface area contributed by atoms with Crippen LogP contribution in [0, 0.1) is 0 Å². The Morgan fingerprint density at radius 2 is 1.62 bits per heavy atom. The van der Waals surface area contributed by atoms with E-state index in [2.05, 4.69) is 12.1 Å². The molecule has 0 atom stereocenters. The fraction of sp³-hybridized carbons (Fsp3) is 0. The highest BCUT2D eigenvalue weighted by molar-refractivity contribution is 7.16. The average Bonchev–Trinajstić information content (AvgIpc) is 2.74. The van der Waals surface area contributed by atoms with Gasteiger partial charge in [0.05, 0.1) is 0 Å². The minimum atomic E-state index is 0.844. The van der Waals surface area contributed by atoms with Crippen molar-refractivity contribution < 1.29 is 9.57 Å². The number of hydrogen-bond donors (Lipinski definition) is 0.